The number of rotatable bonds is 5. The maximum atomic E-state index is 11.9. The van der Waals surface area contributed by atoms with Crippen LogP contribution >= 0.6 is 11.3 Å². The summed E-state index contributed by atoms with van der Waals surface area (Å²) < 4.78 is 6.98. The Morgan fingerprint density at radius 1 is 1.50 bits per heavy atom. The van der Waals surface area contributed by atoms with E-state index in [0.717, 1.165) is 25.2 Å². The summed E-state index contributed by atoms with van der Waals surface area (Å²) in [4.78, 5) is 15.3. The van der Waals surface area contributed by atoms with Crippen molar-refractivity contribution in [3.05, 3.63) is 40.3 Å². The molecule has 1 fully saturated rings. The SMILES string of the molecule is CN1CCC(C(=O)OCn2ccc(/C=C/c3cccs3)n2)C1. The largest absolute Gasteiger partial charge is 0.442 e. The Balaban J connectivity index is 1.50. The zero-order valence-corrected chi connectivity index (χ0v) is 13.3. The van der Waals surface area contributed by atoms with E-state index in [1.54, 1.807) is 16.0 Å². The fourth-order valence-electron chi connectivity index (χ4n) is 2.47. The average molecular weight is 317 g/mol. The Bertz CT molecular complexity index is 648. The van der Waals surface area contributed by atoms with E-state index < -0.39 is 0 Å². The molecule has 6 heteroatoms. The monoisotopic (exact) mass is 317 g/mol. The Hall–Kier alpha value is -1.92. The molecule has 0 radical (unpaired) electrons. The van der Waals surface area contributed by atoms with Crippen LogP contribution in [0.15, 0.2) is 29.8 Å². The molecule has 5 nitrogen and oxygen atoms in total. The Morgan fingerprint density at radius 3 is 3.14 bits per heavy atom. The molecule has 3 rings (SSSR count). The van der Waals surface area contributed by atoms with Gasteiger partial charge in [0.1, 0.15) is 0 Å². The number of hydrogen-bond acceptors (Lipinski definition) is 5. The minimum atomic E-state index is -0.129. The quantitative estimate of drug-likeness (QED) is 0.795. The highest BCUT2D eigenvalue weighted by Gasteiger charge is 2.27. The van der Waals surface area contributed by atoms with Gasteiger partial charge in [-0.1, -0.05) is 6.07 Å². The standard InChI is InChI=1S/C16H19N3O2S/c1-18-8-6-13(11-18)16(20)21-12-19-9-7-14(17-19)4-5-15-3-2-10-22-15/h2-5,7,9-10,13H,6,8,11-12H2,1H3/b5-4+. The second kappa shape index (κ2) is 6.89. The number of carbonyl (C=O) groups is 1. The number of carbonyl (C=O) groups excluding carboxylic acids is 1. The zero-order chi connectivity index (χ0) is 15.4. The van der Waals surface area contributed by atoms with E-state index in [1.165, 1.54) is 4.88 Å². The molecule has 2 aromatic heterocycles. The van der Waals surface area contributed by atoms with E-state index in [-0.39, 0.29) is 18.6 Å². The highest BCUT2D eigenvalue weighted by molar-refractivity contribution is 7.10. The minimum absolute atomic E-state index is 0.00115. The molecule has 1 unspecified atom stereocenters. The molecule has 1 saturated heterocycles. The van der Waals surface area contributed by atoms with Crippen LogP contribution in [0.25, 0.3) is 12.2 Å². The first-order chi connectivity index (χ1) is 10.7. The maximum Gasteiger partial charge on any atom is 0.312 e. The molecule has 0 bridgehead atoms. The molecule has 3 heterocycles. The van der Waals surface area contributed by atoms with Gasteiger partial charge in [0, 0.05) is 17.6 Å². The lowest BCUT2D eigenvalue weighted by molar-refractivity contribution is -0.152. The second-order valence-electron chi connectivity index (χ2n) is 5.47. The van der Waals surface area contributed by atoms with Gasteiger partial charge in [-0.2, -0.15) is 5.10 Å². The van der Waals surface area contributed by atoms with Gasteiger partial charge in [-0.15, -0.1) is 11.3 Å². The van der Waals surface area contributed by atoms with E-state index in [0.29, 0.717) is 0 Å². The van der Waals surface area contributed by atoms with Crippen molar-refractivity contribution in [1.29, 1.82) is 0 Å². The van der Waals surface area contributed by atoms with E-state index >= 15 is 0 Å². The van der Waals surface area contributed by atoms with Gasteiger partial charge in [-0.25, -0.2) is 4.68 Å². The molecule has 0 aliphatic carbocycles. The molecule has 116 valence electrons. The highest BCUT2D eigenvalue weighted by atomic mass is 32.1. The first-order valence-electron chi connectivity index (χ1n) is 7.31. The number of nitrogens with zero attached hydrogens (tertiary/aromatic N) is 3. The van der Waals surface area contributed by atoms with E-state index in [4.69, 9.17) is 4.74 Å². The predicted molar refractivity (Wildman–Crippen MR) is 87.2 cm³/mol. The van der Waals surface area contributed by atoms with Gasteiger partial charge in [0.2, 0.25) is 0 Å². The number of aromatic nitrogens is 2. The summed E-state index contributed by atoms with van der Waals surface area (Å²) in [5.41, 5.74) is 0.852. The summed E-state index contributed by atoms with van der Waals surface area (Å²) in [5, 5.41) is 6.41. The molecule has 1 atom stereocenters. The normalized spacial score (nSPS) is 19.0. The Morgan fingerprint density at radius 2 is 2.41 bits per heavy atom. The van der Waals surface area contributed by atoms with Gasteiger partial charge in [0.25, 0.3) is 0 Å². The lowest BCUT2D eigenvalue weighted by Crippen LogP contribution is -2.22. The Kier molecular flexibility index (Phi) is 4.70. The molecule has 0 saturated carbocycles. The number of esters is 1. The third kappa shape index (κ3) is 3.84. The van der Waals surface area contributed by atoms with Crippen molar-refractivity contribution < 1.29 is 9.53 Å². The van der Waals surface area contributed by atoms with Crippen molar-refractivity contribution in [2.75, 3.05) is 20.1 Å². The highest BCUT2D eigenvalue weighted by Crippen LogP contribution is 2.16. The predicted octanol–water partition coefficient (Wildman–Crippen LogP) is 2.57. The molecule has 0 N–H and O–H groups in total. The first-order valence-corrected chi connectivity index (χ1v) is 8.19. The smallest absolute Gasteiger partial charge is 0.312 e. The van der Waals surface area contributed by atoms with Crippen LogP contribution in [0, 0.1) is 5.92 Å². The van der Waals surface area contributed by atoms with Crippen molar-refractivity contribution in [3.63, 3.8) is 0 Å². The van der Waals surface area contributed by atoms with Crippen LogP contribution in [0.4, 0.5) is 0 Å². The molecule has 2 aromatic rings. The van der Waals surface area contributed by atoms with Crippen molar-refractivity contribution in [2.24, 2.45) is 5.92 Å². The topological polar surface area (TPSA) is 47.4 Å². The summed E-state index contributed by atoms with van der Waals surface area (Å²) >= 11 is 1.68. The summed E-state index contributed by atoms with van der Waals surface area (Å²) in [6.45, 7) is 1.91. The van der Waals surface area contributed by atoms with E-state index in [9.17, 15) is 4.79 Å². The third-order valence-electron chi connectivity index (χ3n) is 3.69. The third-order valence-corrected chi connectivity index (χ3v) is 4.52. The molecule has 0 spiro atoms. The number of likely N-dealkylation sites (tertiary alicyclic amines) is 1. The lowest BCUT2D eigenvalue weighted by Gasteiger charge is -2.10. The molecule has 22 heavy (non-hydrogen) atoms. The second-order valence-corrected chi connectivity index (χ2v) is 6.45. The molecule has 1 aliphatic heterocycles. The van der Waals surface area contributed by atoms with Crippen LogP contribution < -0.4 is 0 Å². The molecule has 1 aliphatic rings. The van der Waals surface area contributed by atoms with Crippen LogP contribution in [0.3, 0.4) is 0 Å². The fourth-order valence-corrected chi connectivity index (χ4v) is 3.08. The van der Waals surface area contributed by atoms with E-state index in [1.807, 2.05) is 42.9 Å². The van der Waals surface area contributed by atoms with Crippen molar-refractivity contribution in [2.45, 2.75) is 13.2 Å². The van der Waals surface area contributed by atoms with Gasteiger partial charge >= 0.3 is 5.97 Å². The summed E-state index contributed by atoms with van der Waals surface area (Å²) in [5.74, 6) is -0.130. The van der Waals surface area contributed by atoms with Crippen LogP contribution in [0.5, 0.6) is 0 Å². The molecular formula is C16H19N3O2S. The molecule has 0 aromatic carbocycles. The van der Waals surface area contributed by atoms with Crippen LogP contribution in [-0.4, -0.2) is 40.8 Å². The van der Waals surface area contributed by atoms with Crippen LogP contribution in [0.2, 0.25) is 0 Å². The summed E-state index contributed by atoms with van der Waals surface area (Å²) in [6, 6.07) is 5.97. The number of ether oxygens (including phenoxy) is 1. The van der Waals surface area contributed by atoms with Gasteiger partial charge in [0.05, 0.1) is 11.6 Å². The van der Waals surface area contributed by atoms with Gasteiger partial charge in [-0.3, -0.25) is 4.79 Å². The first kappa shape index (κ1) is 15.0. The van der Waals surface area contributed by atoms with Gasteiger partial charge in [-0.05, 0) is 49.7 Å². The van der Waals surface area contributed by atoms with Crippen LogP contribution in [0.1, 0.15) is 17.0 Å². The van der Waals surface area contributed by atoms with Gasteiger partial charge in [0.15, 0.2) is 6.73 Å². The molecule has 0 amide bonds. The zero-order valence-electron chi connectivity index (χ0n) is 12.5. The van der Waals surface area contributed by atoms with Crippen molar-refractivity contribution in [3.8, 4) is 0 Å². The van der Waals surface area contributed by atoms with E-state index in [2.05, 4.69) is 16.1 Å². The van der Waals surface area contributed by atoms with Crippen molar-refractivity contribution in [1.82, 2.24) is 14.7 Å². The lowest BCUT2D eigenvalue weighted by atomic mass is 10.1. The van der Waals surface area contributed by atoms with Gasteiger partial charge < -0.3 is 9.64 Å². The van der Waals surface area contributed by atoms with Crippen LogP contribution in [-0.2, 0) is 16.3 Å². The minimum Gasteiger partial charge on any atom is -0.442 e. The summed E-state index contributed by atoms with van der Waals surface area (Å²) in [6.07, 6.45) is 6.68. The fraction of sp³-hybridized carbons (Fsp3) is 0.375. The summed E-state index contributed by atoms with van der Waals surface area (Å²) in [7, 11) is 2.02. The number of hydrogen-bond donors (Lipinski definition) is 0. The Labute approximate surface area is 133 Å². The number of thiophene rings is 1. The molecular weight excluding hydrogens is 298 g/mol. The van der Waals surface area contributed by atoms with Crippen molar-refractivity contribution >= 4 is 29.5 Å². The average Bonchev–Trinajstić information content (AvgIpc) is 3.24. The maximum absolute atomic E-state index is 11.9.